The van der Waals surface area contributed by atoms with Crippen molar-refractivity contribution in [2.24, 2.45) is 0 Å². The van der Waals surface area contributed by atoms with Gasteiger partial charge in [0, 0.05) is 37.1 Å². The van der Waals surface area contributed by atoms with E-state index in [-0.39, 0.29) is 4.90 Å². The number of sulfonamides is 1. The van der Waals surface area contributed by atoms with Crippen LogP contribution >= 0.6 is 11.6 Å². The van der Waals surface area contributed by atoms with Gasteiger partial charge in [-0.15, -0.1) is 0 Å². The van der Waals surface area contributed by atoms with E-state index in [1.165, 1.54) is 4.31 Å². The van der Waals surface area contributed by atoms with Crippen molar-refractivity contribution in [1.29, 1.82) is 0 Å². The van der Waals surface area contributed by atoms with Gasteiger partial charge < -0.3 is 4.52 Å². The van der Waals surface area contributed by atoms with E-state index in [1.54, 1.807) is 13.8 Å². The summed E-state index contributed by atoms with van der Waals surface area (Å²) in [6.45, 7) is 6.20. The Bertz CT molecular complexity index is 1130. The van der Waals surface area contributed by atoms with E-state index in [0.717, 1.165) is 29.4 Å². The van der Waals surface area contributed by atoms with Crippen molar-refractivity contribution in [3.63, 3.8) is 0 Å². The average Bonchev–Trinajstić information content (AvgIpc) is 2.88. The Labute approximate surface area is 175 Å². The van der Waals surface area contributed by atoms with Gasteiger partial charge in [-0.25, -0.2) is 13.4 Å². The van der Waals surface area contributed by atoms with Crippen LogP contribution in [0.3, 0.4) is 0 Å². The Kier molecular flexibility index (Phi) is 5.61. The lowest BCUT2D eigenvalue weighted by molar-refractivity contribution is 0.278. The molecule has 0 amide bonds. The molecule has 0 spiro atoms. The summed E-state index contributed by atoms with van der Waals surface area (Å²) in [6.07, 6.45) is 0.737. The smallest absolute Gasteiger partial charge is 0.248 e. The van der Waals surface area contributed by atoms with Gasteiger partial charge >= 0.3 is 0 Å². The number of para-hydroxylation sites is 1. The number of fused-ring (bicyclic) bond motifs is 1. The third-order valence-electron chi connectivity index (χ3n) is 5.26. The van der Waals surface area contributed by atoms with Gasteiger partial charge in [-0.1, -0.05) is 35.0 Å². The molecule has 0 radical (unpaired) electrons. The van der Waals surface area contributed by atoms with Crippen LogP contribution in [0.25, 0.3) is 10.9 Å². The molecule has 2 aromatic heterocycles. The quantitative estimate of drug-likeness (QED) is 0.585. The van der Waals surface area contributed by atoms with Crippen LogP contribution in [0.1, 0.15) is 23.4 Å². The first kappa shape index (κ1) is 20.3. The highest BCUT2D eigenvalue weighted by Gasteiger charge is 2.32. The number of nitrogens with zero attached hydrogens (tertiary/aromatic N) is 4. The minimum Gasteiger partial charge on any atom is -0.360 e. The topological polar surface area (TPSA) is 79.5 Å². The van der Waals surface area contributed by atoms with Crippen LogP contribution in [0.4, 0.5) is 0 Å². The number of hydrogen-bond donors (Lipinski definition) is 0. The first-order valence-electron chi connectivity index (χ1n) is 9.56. The van der Waals surface area contributed by atoms with Gasteiger partial charge in [-0.2, -0.15) is 4.31 Å². The van der Waals surface area contributed by atoms with Crippen LogP contribution in [0.15, 0.2) is 39.8 Å². The Morgan fingerprint density at radius 3 is 2.69 bits per heavy atom. The summed E-state index contributed by atoms with van der Waals surface area (Å²) in [5.74, 6) is 0.331. The molecule has 0 aliphatic carbocycles. The van der Waals surface area contributed by atoms with E-state index >= 15 is 0 Å². The molecule has 29 heavy (non-hydrogen) atoms. The normalized spacial score (nSPS) is 16.9. The fourth-order valence-electron chi connectivity index (χ4n) is 3.81. The van der Waals surface area contributed by atoms with Crippen molar-refractivity contribution in [3.8, 4) is 0 Å². The molecule has 3 heterocycles. The number of rotatable bonds is 4. The van der Waals surface area contributed by atoms with Gasteiger partial charge in [0.05, 0.1) is 5.52 Å². The van der Waals surface area contributed by atoms with Crippen LogP contribution in [0.5, 0.6) is 0 Å². The van der Waals surface area contributed by atoms with Crippen molar-refractivity contribution >= 4 is 32.5 Å². The monoisotopic (exact) mass is 434 g/mol. The minimum atomic E-state index is -3.62. The van der Waals surface area contributed by atoms with Crippen LogP contribution < -0.4 is 0 Å². The Morgan fingerprint density at radius 2 is 1.93 bits per heavy atom. The SMILES string of the molecule is Cc1noc(C)c1S(=O)(=O)N1CCCN(Cc2cc3ccccc3nc2Cl)CC1. The number of aryl methyl sites for hydroxylation is 2. The molecule has 1 saturated heterocycles. The number of halogens is 1. The molecule has 7 nitrogen and oxygen atoms in total. The second-order valence-electron chi connectivity index (χ2n) is 7.32. The molecule has 3 aromatic rings. The molecule has 1 aliphatic heterocycles. The minimum absolute atomic E-state index is 0.188. The highest BCUT2D eigenvalue weighted by Crippen LogP contribution is 2.26. The van der Waals surface area contributed by atoms with Crippen molar-refractivity contribution in [2.45, 2.75) is 31.7 Å². The summed E-state index contributed by atoms with van der Waals surface area (Å²) < 4.78 is 32.8. The molecule has 1 aliphatic rings. The molecule has 0 saturated carbocycles. The Balaban J connectivity index is 1.50. The first-order valence-corrected chi connectivity index (χ1v) is 11.4. The lowest BCUT2D eigenvalue weighted by Gasteiger charge is -2.22. The van der Waals surface area contributed by atoms with E-state index in [2.05, 4.69) is 21.1 Å². The summed E-state index contributed by atoms with van der Waals surface area (Å²) in [5, 5.41) is 5.33. The number of pyridine rings is 1. The number of hydrogen-bond acceptors (Lipinski definition) is 6. The molecular formula is C20H23ClN4O3S. The summed E-state index contributed by atoms with van der Waals surface area (Å²) in [4.78, 5) is 6.90. The van der Waals surface area contributed by atoms with E-state index < -0.39 is 10.0 Å². The van der Waals surface area contributed by atoms with E-state index in [1.807, 2.05) is 24.3 Å². The van der Waals surface area contributed by atoms with Gasteiger partial charge in [0.2, 0.25) is 10.0 Å². The highest BCUT2D eigenvalue weighted by atomic mass is 35.5. The van der Waals surface area contributed by atoms with Crippen LogP contribution in [0, 0.1) is 13.8 Å². The second-order valence-corrected chi connectivity index (χ2v) is 9.55. The molecule has 0 N–H and O–H groups in total. The molecule has 0 atom stereocenters. The molecular weight excluding hydrogens is 412 g/mol. The van der Waals surface area contributed by atoms with Gasteiger partial charge in [-0.3, -0.25) is 4.90 Å². The van der Waals surface area contributed by atoms with E-state index in [0.29, 0.717) is 42.8 Å². The molecule has 9 heteroatoms. The maximum atomic E-state index is 13.1. The zero-order chi connectivity index (χ0) is 20.6. The second kappa shape index (κ2) is 8.02. The standard InChI is InChI=1S/C20H23ClN4O3S/c1-14-19(15(2)28-23-14)29(26,27)25-9-5-8-24(10-11-25)13-17-12-16-6-3-4-7-18(16)22-20(17)21/h3-4,6-7,12H,5,8-11,13H2,1-2H3. The van der Waals surface area contributed by atoms with Gasteiger partial charge in [0.25, 0.3) is 0 Å². The van der Waals surface area contributed by atoms with E-state index in [4.69, 9.17) is 16.1 Å². The average molecular weight is 435 g/mol. The maximum Gasteiger partial charge on any atom is 0.248 e. The molecule has 0 bridgehead atoms. The summed E-state index contributed by atoms with van der Waals surface area (Å²) in [7, 11) is -3.62. The molecule has 154 valence electrons. The zero-order valence-electron chi connectivity index (χ0n) is 16.4. The van der Waals surface area contributed by atoms with Crippen molar-refractivity contribution in [3.05, 3.63) is 52.5 Å². The fourth-order valence-corrected chi connectivity index (χ4v) is 5.77. The summed E-state index contributed by atoms with van der Waals surface area (Å²) >= 11 is 6.41. The zero-order valence-corrected chi connectivity index (χ0v) is 18.0. The predicted molar refractivity (Wildman–Crippen MR) is 111 cm³/mol. The third kappa shape index (κ3) is 4.02. The van der Waals surface area contributed by atoms with Crippen molar-refractivity contribution in [2.75, 3.05) is 26.2 Å². The first-order chi connectivity index (χ1) is 13.9. The van der Waals surface area contributed by atoms with E-state index in [9.17, 15) is 8.42 Å². The molecule has 1 fully saturated rings. The van der Waals surface area contributed by atoms with Crippen LogP contribution in [0.2, 0.25) is 5.15 Å². The highest BCUT2D eigenvalue weighted by molar-refractivity contribution is 7.89. The Morgan fingerprint density at radius 1 is 1.14 bits per heavy atom. The van der Waals surface area contributed by atoms with Crippen LogP contribution in [-0.4, -0.2) is 53.9 Å². The maximum absolute atomic E-state index is 13.1. The lowest BCUT2D eigenvalue weighted by Crippen LogP contribution is -2.35. The van der Waals surface area contributed by atoms with Crippen LogP contribution in [-0.2, 0) is 16.6 Å². The third-order valence-corrected chi connectivity index (χ3v) is 7.73. The molecule has 1 aromatic carbocycles. The number of aromatic nitrogens is 2. The van der Waals surface area contributed by atoms with Crippen molar-refractivity contribution in [1.82, 2.24) is 19.3 Å². The fraction of sp³-hybridized carbons (Fsp3) is 0.400. The molecule has 0 unspecified atom stereocenters. The van der Waals surface area contributed by atoms with Gasteiger partial charge in [0.15, 0.2) is 5.76 Å². The largest absolute Gasteiger partial charge is 0.360 e. The molecule has 4 rings (SSSR count). The number of benzene rings is 1. The van der Waals surface area contributed by atoms with Gasteiger partial charge in [-0.05, 0) is 38.9 Å². The summed E-state index contributed by atoms with van der Waals surface area (Å²) in [6, 6.07) is 9.93. The lowest BCUT2D eigenvalue weighted by atomic mass is 10.1. The van der Waals surface area contributed by atoms with Crippen molar-refractivity contribution < 1.29 is 12.9 Å². The Hall–Kier alpha value is -2.00. The van der Waals surface area contributed by atoms with Gasteiger partial charge in [0.1, 0.15) is 15.7 Å². The predicted octanol–water partition coefficient (Wildman–Crippen LogP) is 3.39. The summed E-state index contributed by atoms with van der Waals surface area (Å²) in [5.41, 5.74) is 2.22.